The smallest absolute Gasteiger partial charge is 0.161 e. The molecule has 1 aromatic carbocycles. The summed E-state index contributed by atoms with van der Waals surface area (Å²) < 4.78 is 14.5. The lowest BCUT2D eigenvalue weighted by Gasteiger charge is -2.07. The van der Waals surface area contributed by atoms with E-state index in [9.17, 15) is 4.39 Å². The van der Waals surface area contributed by atoms with Crippen LogP contribution in [-0.4, -0.2) is 14.8 Å². The zero-order chi connectivity index (χ0) is 11.8. The van der Waals surface area contributed by atoms with Crippen LogP contribution in [0.2, 0.25) is 0 Å². The van der Waals surface area contributed by atoms with E-state index in [1.807, 2.05) is 37.3 Å². The highest BCUT2D eigenvalue weighted by molar-refractivity contribution is 5.87. The molecule has 0 fully saturated rings. The Morgan fingerprint density at radius 3 is 2.82 bits per heavy atom. The summed E-state index contributed by atoms with van der Waals surface area (Å²) in [7, 11) is 0. The molecule has 0 spiro atoms. The van der Waals surface area contributed by atoms with Gasteiger partial charge < -0.3 is 0 Å². The second-order valence-electron chi connectivity index (χ2n) is 3.90. The van der Waals surface area contributed by atoms with E-state index in [2.05, 4.69) is 10.1 Å². The molecule has 3 nitrogen and oxygen atoms in total. The van der Waals surface area contributed by atoms with Gasteiger partial charge in [-0.25, -0.2) is 9.07 Å². The monoisotopic (exact) mass is 227 g/mol. The van der Waals surface area contributed by atoms with Crippen LogP contribution in [-0.2, 0) is 0 Å². The normalized spacial score (nSPS) is 10.9. The summed E-state index contributed by atoms with van der Waals surface area (Å²) in [6.07, 6.45) is 2.56. The fourth-order valence-electron chi connectivity index (χ4n) is 1.91. The van der Waals surface area contributed by atoms with Crippen molar-refractivity contribution in [1.29, 1.82) is 0 Å². The van der Waals surface area contributed by atoms with E-state index in [-0.39, 0.29) is 5.82 Å². The van der Waals surface area contributed by atoms with Crippen LogP contribution in [0.25, 0.3) is 16.6 Å². The fourth-order valence-corrected chi connectivity index (χ4v) is 1.91. The molecule has 0 aliphatic rings. The van der Waals surface area contributed by atoms with Crippen molar-refractivity contribution in [2.75, 3.05) is 0 Å². The van der Waals surface area contributed by atoms with Gasteiger partial charge in [0, 0.05) is 11.1 Å². The van der Waals surface area contributed by atoms with Gasteiger partial charge in [-0.05, 0) is 19.1 Å². The average Bonchev–Trinajstić information content (AvgIpc) is 2.74. The molecule has 84 valence electrons. The lowest BCUT2D eigenvalue weighted by molar-refractivity contribution is 0.627. The number of hydrogen-bond acceptors (Lipinski definition) is 2. The maximum absolute atomic E-state index is 13.0. The molecule has 0 bridgehead atoms. The Bertz CT molecular complexity index is 688. The molecule has 2 heterocycles. The van der Waals surface area contributed by atoms with Crippen LogP contribution in [0.5, 0.6) is 0 Å². The van der Waals surface area contributed by atoms with Gasteiger partial charge >= 0.3 is 0 Å². The Labute approximate surface area is 97.5 Å². The number of para-hydroxylation sites is 1. The van der Waals surface area contributed by atoms with Gasteiger partial charge in [-0.1, -0.05) is 18.2 Å². The molecule has 0 radical (unpaired) electrons. The molecule has 0 aliphatic heterocycles. The number of nitrogens with zero attached hydrogens (tertiary/aromatic N) is 3. The quantitative estimate of drug-likeness (QED) is 0.640. The number of pyridine rings is 1. The van der Waals surface area contributed by atoms with Crippen molar-refractivity contribution < 1.29 is 4.39 Å². The minimum absolute atomic E-state index is 0.344. The van der Waals surface area contributed by atoms with Crippen molar-refractivity contribution in [2.45, 2.75) is 6.92 Å². The summed E-state index contributed by atoms with van der Waals surface area (Å²) in [5.41, 5.74) is 2.62. The van der Waals surface area contributed by atoms with Crippen molar-refractivity contribution in [2.24, 2.45) is 0 Å². The van der Waals surface area contributed by atoms with Gasteiger partial charge in [0.25, 0.3) is 0 Å². The highest BCUT2D eigenvalue weighted by Gasteiger charge is 2.07. The first-order chi connectivity index (χ1) is 8.24. The summed E-state index contributed by atoms with van der Waals surface area (Å²) in [4.78, 5) is 4.43. The van der Waals surface area contributed by atoms with E-state index in [4.69, 9.17) is 0 Å². The van der Waals surface area contributed by atoms with Crippen molar-refractivity contribution in [3.63, 3.8) is 0 Å². The largest absolute Gasteiger partial charge is 0.253 e. The van der Waals surface area contributed by atoms with E-state index < -0.39 is 0 Å². The number of halogens is 1. The van der Waals surface area contributed by atoms with Gasteiger partial charge in [0.1, 0.15) is 0 Å². The molecule has 2 aromatic heterocycles. The highest BCUT2D eigenvalue weighted by atomic mass is 19.1. The standard InChI is InChI=1S/C13H10FN3/c1-9-6-13(17-8-10(14)7-15-17)11-4-2-3-5-12(11)16-9/h2-8H,1H3. The van der Waals surface area contributed by atoms with Crippen LogP contribution in [0.4, 0.5) is 4.39 Å². The van der Waals surface area contributed by atoms with Crippen LogP contribution < -0.4 is 0 Å². The summed E-state index contributed by atoms with van der Waals surface area (Å²) in [5, 5.41) is 4.95. The highest BCUT2D eigenvalue weighted by Crippen LogP contribution is 2.21. The number of fused-ring (bicyclic) bond motifs is 1. The first kappa shape index (κ1) is 9.96. The molecule has 0 amide bonds. The first-order valence-electron chi connectivity index (χ1n) is 5.31. The Morgan fingerprint density at radius 2 is 2.06 bits per heavy atom. The maximum Gasteiger partial charge on any atom is 0.161 e. The number of rotatable bonds is 1. The van der Waals surface area contributed by atoms with Gasteiger partial charge in [0.15, 0.2) is 5.82 Å². The molecule has 0 saturated heterocycles. The van der Waals surface area contributed by atoms with Crippen LogP contribution in [0, 0.1) is 12.7 Å². The molecule has 3 aromatic rings. The van der Waals surface area contributed by atoms with Gasteiger partial charge in [0.2, 0.25) is 0 Å². The SMILES string of the molecule is Cc1cc(-n2cc(F)cn2)c2ccccc2n1. The van der Waals surface area contributed by atoms with E-state index >= 15 is 0 Å². The van der Waals surface area contributed by atoms with Crippen molar-refractivity contribution >= 4 is 10.9 Å². The molecule has 17 heavy (non-hydrogen) atoms. The van der Waals surface area contributed by atoms with Crippen molar-refractivity contribution in [1.82, 2.24) is 14.8 Å². The van der Waals surface area contributed by atoms with Crippen LogP contribution >= 0.6 is 0 Å². The Balaban J connectivity index is 2.35. The van der Waals surface area contributed by atoms with Crippen LogP contribution in [0.15, 0.2) is 42.7 Å². The minimum atomic E-state index is -0.344. The molecule has 0 unspecified atom stereocenters. The molecule has 0 atom stereocenters. The zero-order valence-corrected chi connectivity index (χ0v) is 9.26. The second-order valence-corrected chi connectivity index (χ2v) is 3.90. The lowest BCUT2D eigenvalue weighted by atomic mass is 10.1. The van der Waals surface area contributed by atoms with E-state index in [1.165, 1.54) is 17.1 Å². The summed E-state index contributed by atoms with van der Waals surface area (Å²) in [6.45, 7) is 1.91. The molecule has 0 N–H and O–H groups in total. The number of benzene rings is 1. The Kier molecular flexibility index (Phi) is 2.14. The molecule has 0 aliphatic carbocycles. The Morgan fingerprint density at radius 1 is 1.24 bits per heavy atom. The van der Waals surface area contributed by atoms with Crippen LogP contribution in [0.1, 0.15) is 5.69 Å². The third-order valence-corrected chi connectivity index (χ3v) is 2.62. The van der Waals surface area contributed by atoms with Gasteiger partial charge in [-0.3, -0.25) is 4.98 Å². The minimum Gasteiger partial charge on any atom is -0.253 e. The van der Waals surface area contributed by atoms with E-state index in [0.29, 0.717) is 0 Å². The first-order valence-corrected chi connectivity index (χ1v) is 5.31. The molecule has 3 rings (SSSR count). The molecular formula is C13H10FN3. The zero-order valence-electron chi connectivity index (χ0n) is 9.26. The van der Waals surface area contributed by atoms with Crippen molar-refractivity contribution in [3.8, 4) is 5.69 Å². The fraction of sp³-hybridized carbons (Fsp3) is 0.0769. The lowest BCUT2D eigenvalue weighted by Crippen LogP contribution is -1.98. The van der Waals surface area contributed by atoms with Gasteiger partial charge in [0.05, 0.1) is 23.6 Å². The second kappa shape index (κ2) is 3.66. The average molecular weight is 227 g/mol. The topological polar surface area (TPSA) is 30.7 Å². The predicted octanol–water partition coefficient (Wildman–Crippen LogP) is 2.87. The Hall–Kier alpha value is -2.23. The summed E-state index contributed by atoms with van der Waals surface area (Å²) in [6, 6.07) is 9.65. The third-order valence-electron chi connectivity index (χ3n) is 2.62. The molecule has 0 saturated carbocycles. The van der Waals surface area contributed by atoms with E-state index in [1.54, 1.807) is 0 Å². The van der Waals surface area contributed by atoms with Crippen LogP contribution in [0.3, 0.4) is 0 Å². The predicted molar refractivity (Wildman–Crippen MR) is 63.6 cm³/mol. The maximum atomic E-state index is 13.0. The molecule has 4 heteroatoms. The number of hydrogen-bond donors (Lipinski definition) is 0. The van der Waals surface area contributed by atoms with Gasteiger partial charge in [-0.2, -0.15) is 5.10 Å². The van der Waals surface area contributed by atoms with E-state index in [0.717, 1.165) is 22.3 Å². The summed E-state index contributed by atoms with van der Waals surface area (Å²) in [5.74, 6) is -0.344. The third kappa shape index (κ3) is 1.67. The van der Waals surface area contributed by atoms with Gasteiger partial charge in [-0.15, -0.1) is 0 Å². The number of aryl methyl sites for hydroxylation is 1. The summed E-state index contributed by atoms with van der Waals surface area (Å²) >= 11 is 0. The number of aromatic nitrogens is 3. The molecular weight excluding hydrogens is 217 g/mol. The van der Waals surface area contributed by atoms with Crippen molar-refractivity contribution in [3.05, 3.63) is 54.2 Å².